The van der Waals surface area contributed by atoms with Gasteiger partial charge in [-0.2, -0.15) is 0 Å². The van der Waals surface area contributed by atoms with Gasteiger partial charge in [0.05, 0.1) is 5.92 Å². The predicted octanol–water partition coefficient (Wildman–Crippen LogP) is 5.12. The van der Waals surface area contributed by atoms with Crippen molar-refractivity contribution in [2.45, 2.75) is 11.5 Å². The van der Waals surface area contributed by atoms with Gasteiger partial charge in [0.15, 0.2) is 5.78 Å². The molecule has 3 aromatic carbocycles. The van der Waals surface area contributed by atoms with Gasteiger partial charge in [-0.1, -0.05) is 78.3 Å². The number of halogens is 1. The lowest BCUT2D eigenvalue weighted by Crippen LogP contribution is -2.51. The molecule has 0 aromatic heterocycles. The molecule has 2 aliphatic heterocycles. The Balaban J connectivity index is 1.66. The third-order valence-electron chi connectivity index (χ3n) is 6.69. The van der Waals surface area contributed by atoms with Crippen LogP contribution in [0.1, 0.15) is 22.6 Å². The van der Waals surface area contributed by atoms with E-state index in [0.717, 1.165) is 16.7 Å². The normalized spacial score (nSPS) is 24.8. The Morgan fingerprint density at radius 1 is 1.06 bits per heavy atom. The molecule has 0 unspecified atom stereocenters. The zero-order chi connectivity index (χ0) is 22.3. The van der Waals surface area contributed by atoms with Crippen LogP contribution in [-0.2, 0) is 15.1 Å². The molecule has 2 heterocycles. The van der Waals surface area contributed by atoms with Gasteiger partial charge in [0.25, 0.3) is 0 Å². The molecule has 0 aliphatic carbocycles. The first-order chi connectivity index (χ1) is 15.5. The quantitative estimate of drug-likeness (QED) is 0.571. The van der Waals surface area contributed by atoms with E-state index in [-0.39, 0.29) is 17.6 Å². The van der Waals surface area contributed by atoms with Crippen LogP contribution in [0.15, 0.2) is 84.9 Å². The fourth-order valence-electron chi connectivity index (χ4n) is 5.29. The molecule has 1 fully saturated rings. The maximum absolute atomic E-state index is 13.8. The molecule has 1 amide bonds. The number of nitrogens with zero attached hydrogens (tertiary/aromatic N) is 1. The van der Waals surface area contributed by atoms with Gasteiger partial charge in [-0.05, 0) is 42.4 Å². The van der Waals surface area contributed by atoms with E-state index in [1.807, 2.05) is 90.8 Å². The van der Waals surface area contributed by atoms with E-state index in [0.29, 0.717) is 17.3 Å². The van der Waals surface area contributed by atoms with E-state index >= 15 is 0 Å². The van der Waals surface area contributed by atoms with Crippen molar-refractivity contribution >= 4 is 35.1 Å². The number of carbonyl (C=O) groups is 2. The Morgan fingerprint density at radius 2 is 1.75 bits per heavy atom. The molecule has 3 aromatic rings. The first-order valence-corrected chi connectivity index (χ1v) is 11.0. The summed E-state index contributed by atoms with van der Waals surface area (Å²) in [5.41, 5.74) is 2.36. The predicted molar refractivity (Wildman–Crippen MR) is 128 cm³/mol. The van der Waals surface area contributed by atoms with E-state index in [2.05, 4.69) is 5.32 Å². The van der Waals surface area contributed by atoms with Crippen LogP contribution in [0.4, 0.5) is 5.69 Å². The van der Waals surface area contributed by atoms with Crippen LogP contribution >= 0.6 is 11.6 Å². The molecule has 3 atom stereocenters. The highest BCUT2D eigenvalue weighted by atomic mass is 35.5. The molecule has 4 nitrogen and oxygen atoms in total. The SMILES string of the molecule is CN1C[C@H](c2ccccc2)[C@H](C(=O)/C=C/c2ccccc2)[C@]12C(=O)Nc1ccc(Cl)cc12. The van der Waals surface area contributed by atoms with Crippen molar-refractivity contribution in [2.24, 2.45) is 5.92 Å². The topological polar surface area (TPSA) is 49.4 Å². The van der Waals surface area contributed by atoms with Crippen LogP contribution in [0, 0.1) is 5.92 Å². The Morgan fingerprint density at radius 3 is 2.47 bits per heavy atom. The second kappa shape index (κ2) is 8.05. The van der Waals surface area contributed by atoms with E-state index in [1.54, 1.807) is 12.1 Å². The summed E-state index contributed by atoms with van der Waals surface area (Å²) in [4.78, 5) is 29.4. The van der Waals surface area contributed by atoms with E-state index in [9.17, 15) is 9.59 Å². The molecular weight excluding hydrogens is 420 g/mol. The first-order valence-electron chi connectivity index (χ1n) is 10.7. The number of likely N-dealkylation sites (N-methyl/N-ethyl adjacent to an activating group) is 1. The number of rotatable bonds is 4. The minimum Gasteiger partial charge on any atom is -0.324 e. The zero-order valence-corrected chi connectivity index (χ0v) is 18.4. The van der Waals surface area contributed by atoms with Crippen LogP contribution in [-0.4, -0.2) is 30.2 Å². The summed E-state index contributed by atoms with van der Waals surface area (Å²) >= 11 is 6.35. The summed E-state index contributed by atoms with van der Waals surface area (Å²) in [5.74, 6) is -0.975. The minimum atomic E-state index is -1.11. The molecule has 0 bridgehead atoms. The van der Waals surface area contributed by atoms with Crippen molar-refractivity contribution in [1.82, 2.24) is 4.90 Å². The van der Waals surface area contributed by atoms with Gasteiger partial charge < -0.3 is 5.32 Å². The molecule has 32 heavy (non-hydrogen) atoms. The summed E-state index contributed by atoms with van der Waals surface area (Å²) in [5, 5.41) is 3.55. The number of nitrogens with one attached hydrogen (secondary N) is 1. The molecule has 1 saturated heterocycles. The monoisotopic (exact) mass is 442 g/mol. The highest BCUT2D eigenvalue weighted by Gasteiger charge is 2.63. The summed E-state index contributed by atoms with van der Waals surface area (Å²) in [6.07, 6.45) is 3.44. The Hall–Kier alpha value is -3.21. The maximum Gasteiger partial charge on any atom is 0.250 e. The molecule has 5 rings (SSSR count). The van der Waals surface area contributed by atoms with Crippen LogP contribution in [0.3, 0.4) is 0 Å². The van der Waals surface area contributed by atoms with Crippen LogP contribution < -0.4 is 5.32 Å². The molecule has 0 radical (unpaired) electrons. The van der Waals surface area contributed by atoms with Crippen molar-refractivity contribution in [3.63, 3.8) is 0 Å². The number of hydrogen-bond donors (Lipinski definition) is 1. The number of benzene rings is 3. The third kappa shape index (κ3) is 3.19. The van der Waals surface area contributed by atoms with Crippen LogP contribution in [0.25, 0.3) is 6.08 Å². The van der Waals surface area contributed by atoms with Gasteiger partial charge in [0.1, 0.15) is 5.54 Å². The minimum absolute atomic E-state index is 0.0740. The maximum atomic E-state index is 13.8. The number of hydrogen-bond acceptors (Lipinski definition) is 3. The van der Waals surface area contributed by atoms with Crippen molar-refractivity contribution in [2.75, 3.05) is 18.9 Å². The largest absolute Gasteiger partial charge is 0.324 e. The molecule has 1 N–H and O–H groups in total. The van der Waals surface area contributed by atoms with Crippen LogP contribution in [0.2, 0.25) is 5.02 Å². The number of ketones is 1. The fraction of sp³-hybridized carbons (Fsp3) is 0.185. The third-order valence-corrected chi connectivity index (χ3v) is 6.92. The van der Waals surface area contributed by atoms with Gasteiger partial charge in [-0.15, -0.1) is 0 Å². The van der Waals surface area contributed by atoms with Gasteiger partial charge in [-0.3, -0.25) is 14.5 Å². The molecule has 5 heteroatoms. The fourth-order valence-corrected chi connectivity index (χ4v) is 5.46. The second-order valence-corrected chi connectivity index (χ2v) is 8.87. The number of likely N-dealkylation sites (tertiary alicyclic amines) is 1. The van der Waals surface area contributed by atoms with Gasteiger partial charge in [-0.25, -0.2) is 0 Å². The number of fused-ring (bicyclic) bond motifs is 2. The standard InChI is InChI=1S/C27H23ClN2O2/c1-30-17-21(19-10-6-3-7-11-19)25(24(31)15-12-18-8-4-2-5-9-18)27(30)22-16-20(28)13-14-23(22)29-26(27)32/h2-16,21,25H,17H2,1H3,(H,29,32)/b15-12+/t21-,25-,27-/m1/s1. The van der Waals surface area contributed by atoms with Crippen LogP contribution in [0.5, 0.6) is 0 Å². The highest BCUT2D eigenvalue weighted by molar-refractivity contribution is 6.31. The highest BCUT2D eigenvalue weighted by Crippen LogP contribution is 2.55. The molecule has 1 spiro atoms. The lowest BCUT2D eigenvalue weighted by molar-refractivity contribution is -0.133. The van der Waals surface area contributed by atoms with Crippen molar-refractivity contribution in [3.05, 3.63) is 107 Å². The van der Waals surface area contributed by atoms with Gasteiger partial charge in [0.2, 0.25) is 5.91 Å². The van der Waals surface area contributed by atoms with Gasteiger partial charge in [0, 0.05) is 28.7 Å². The number of anilines is 1. The molecular formula is C27H23ClN2O2. The molecule has 160 valence electrons. The number of carbonyl (C=O) groups excluding carboxylic acids is 2. The average Bonchev–Trinajstić information content (AvgIpc) is 3.28. The lowest BCUT2D eigenvalue weighted by Gasteiger charge is -2.35. The zero-order valence-electron chi connectivity index (χ0n) is 17.7. The molecule has 0 saturated carbocycles. The summed E-state index contributed by atoms with van der Waals surface area (Å²) < 4.78 is 0. The van der Waals surface area contributed by atoms with Gasteiger partial charge >= 0.3 is 0 Å². The number of amides is 1. The van der Waals surface area contributed by atoms with Crippen molar-refractivity contribution < 1.29 is 9.59 Å². The Labute approximate surface area is 192 Å². The van der Waals surface area contributed by atoms with E-state index in [1.165, 1.54) is 0 Å². The Bertz CT molecular complexity index is 1210. The summed E-state index contributed by atoms with van der Waals surface area (Å²) in [6.45, 7) is 0.582. The lowest BCUT2D eigenvalue weighted by atomic mass is 9.71. The van der Waals surface area contributed by atoms with Crippen molar-refractivity contribution in [3.8, 4) is 0 Å². The summed E-state index contributed by atoms with van der Waals surface area (Å²) in [6, 6.07) is 25.1. The van der Waals surface area contributed by atoms with E-state index in [4.69, 9.17) is 11.6 Å². The number of allylic oxidation sites excluding steroid dienone is 1. The Kier molecular flexibility index (Phi) is 5.20. The summed E-state index contributed by atoms with van der Waals surface area (Å²) in [7, 11) is 1.92. The smallest absolute Gasteiger partial charge is 0.250 e. The van der Waals surface area contributed by atoms with E-state index < -0.39 is 11.5 Å². The van der Waals surface area contributed by atoms with Crippen molar-refractivity contribution in [1.29, 1.82) is 0 Å². The first kappa shape index (κ1) is 20.7. The second-order valence-electron chi connectivity index (χ2n) is 8.43. The average molecular weight is 443 g/mol. The molecule has 2 aliphatic rings.